The normalized spacial score (nSPS) is 20.5. The molecule has 0 saturated heterocycles. The highest BCUT2D eigenvalue weighted by Crippen LogP contribution is 2.17. The number of allylic oxidation sites excluding steroid dienone is 4. The molecule has 1 atom stereocenters. The molecule has 0 aromatic carbocycles. The van der Waals surface area contributed by atoms with Gasteiger partial charge in [0.1, 0.15) is 6.61 Å². The monoisotopic (exact) mass is 196 g/mol. The van der Waals surface area contributed by atoms with Gasteiger partial charge in [-0.05, 0) is 11.9 Å². The topological polar surface area (TPSA) is 66.8 Å². The number of ether oxygens (including phenoxy) is 1. The zero-order valence-electron chi connectivity index (χ0n) is 8.01. The van der Waals surface area contributed by atoms with Crippen molar-refractivity contribution in [1.82, 2.24) is 0 Å². The average Bonchev–Trinajstić information content (AvgIpc) is 2.18. The summed E-state index contributed by atoms with van der Waals surface area (Å²) < 4.78 is 4.73. The Morgan fingerprint density at radius 3 is 2.86 bits per heavy atom. The molecule has 0 bridgehead atoms. The van der Waals surface area contributed by atoms with Crippen LogP contribution in [0.4, 0.5) is 0 Å². The largest absolute Gasteiger partial charge is 0.488 e. The number of rotatable bonds is 4. The highest BCUT2D eigenvalue weighted by molar-refractivity contribution is 6.51. The quantitative estimate of drug-likeness (QED) is 0.606. The molecular formula is C9H13BO4. The predicted octanol–water partition coefficient (Wildman–Crippen LogP) is -0.284. The van der Waals surface area contributed by atoms with Crippen LogP contribution in [0.15, 0.2) is 23.7 Å². The van der Waals surface area contributed by atoms with E-state index in [9.17, 15) is 4.79 Å². The number of ketones is 1. The van der Waals surface area contributed by atoms with Gasteiger partial charge in [-0.1, -0.05) is 18.2 Å². The Morgan fingerprint density at radius 1 is 1.71 bits per heavy atom. The molecule has 0 amide bonds. The fourth-order valence-electron chi connectivity index (χ4n) is 1.32. The number of carbonyl (C=O) groups excluding carboxylic acids is 1. The van der Waals surface area contributed by atoms with Crippen LogP contribution in [0.1, 0.15) is 6.42 Å². The van der Waals surface area contributed by atoms with E-state index in [1.807, 2.05) is 0 Å². The van der Waals surface area contributed by atoms with Gasteiger partial charge in [-0.25, -0.2) is 0 Å². The molecule has 5 heteroatoms. The van der Waals surface area contributed by atoms with Crippen LogP contribution >= 0.6 is 0 Å². The summed E-state index contributed by atoms with van der Waals surface area (Å²) in [4.78, 5) is 11.3. The van der Waals surface area contributed by atoms with Gasteiger partial charge in [0.15, 0.2) is 5.78 Å². The first kappa shape index (κ1) is 11.2. The summed E-state index contributed by atoms with van der Waals surface area (Å²) in [6, 6.07) is 0. The molecule has 4 nitrogen and oxygen atoms in total. The van der Waals surface area contributed by atoms with Crippen LogP contribution in [0.3, 0.4) is 0 Å². The van der Waals surface area contributed by atoms with Gasteiger partial charge in [-0.15, -0.1) is 0 Å². The van der Waals surface area contributed by atoms with Crippen LogP contribution in [0, 0.1) is 5.92 Å². The lowest BCUT2D eigenvalue weighted by Crippen LogP contribution is -2.21. The summed E-state index contributed by atoms with van der Waals surface area (Å²) in [6.45, 7) is 0.0971. The van der Waals surface area contributed by atoms with E-state index in [4.69, 9.17) is 14.8 Å². The Balaban J connectivity index is 2.52. The van der Waals surface area contributed by atoms with Crippen molar-refractivity contribution in [3.63, 3.8) is 0 Å². The molecular weight excluding hydrogens is 183 g/mol. The van der Waals surface area contributed by atoms with Gasteiger partial charge in [0.05, 0.1) is 0 Å². The van der Waals surface area contributed by atoms with Crippen molar-refractivity contribution in [3.8, 4) is 0 Å². The minimum absolute atomic E-state index is 0.00600. The minimum atomic E-state index is -1.45. The smallest absolute Gasteiger partial charge is 0.423 e. The summed E-state index contributed by atoms with van der Waals surface area (Å²) in [5.41, 5.74) is 0.437. The van der Waals surface area contributed by atoms with Crippen LogP contribution in [0.2, 0.25) is 0 Å². The average molecular weight is 196 g/mol. The standard InChI is InChI=1S/C9H13BO4/c1-14-6-9(11)7-2-4-8(5-3-7)10(12)13/h2,4-5,7,12-13H,3,6H2,1H3. The van der Waals surface area contributed by atoms with Crippen molar-refractivity contribution in [2.75, 3.05) is 13.7 Å². The van der Waals surface area contributed by atoms with E-state index in [1.54, 1.807) is 18.2 Å². The first-order chi connectivity index (χ1) is 6.65. The molecule has 76 valence electrons. The molecule has 1 unspecified atom stereocenters. The first-order valence-electron chi connectivity index (χ1n) is 4.41. The predicted molar refractivity (Wildman–Crippen MR) is 52.4 cm³/mol. The molecule has 0 aliphatic heterocycles. The number of hydrogen-bond acceptors (Lipinski definition) is 4. The Bertz CT molecular complexity index is 270. The lowest BCUT2D eigenvalue weighted by Gasteiger charge is -2.14. The van der Waals surface area contributed by atoms with Gasteiger partial charge in [-0.3, -0.25) is 4.79 Å². The minimum Gasteiger partial charge on any atom is -0.423 e. The number of methoxy groups -OCH3 is 1. The van der Waals surface area contributed by atoms with Crippen LogP contribution in [0.5, 0.6) is 0 Å². The highest BCUT2D eigenvalue weighted by atomic mass is 16.5. The molecule has 0 radical (unpaired) electrons. The third-order valence-electron chi connectivity index (χ3n) is 2.13. The molecule has 0 aromatic heterocycles. The van der Waals surface area contributed by atoms with Gasteiger partial charge in [0.2, 0.25) is 0 Å². The first-order valence-corrected chi connectivity index (χ1v) is 4.41. The van der Waals surface area contributed by atoms with E-state index in [1.165, 1.54) is 7.11 Å². The third kappa shape index (κ3) is 2.80. The van der Waals surface area contributed by atoms with Gasteiger partial charge < -0.3 is 14.8 Å². The zero-order chi connectivity index (χ0) is 10.6. The molecule has 1 rings (SSSR count). The summed E-state index contributed by atoms with van der Waals surface area (Å²) in [5, 5.41) is 17.7. The van der Waals surface area contributed by atoms with E-state index in [2.05, 4.69) is 0 Å². The second-order valence-electron chi connectivity index (χ2n) is 3.18. The van der Waals surface area contributed by atoms with Crippen LogP contribution in [-0.2, 0) is 9.53 Å². The lowest BCUT2D eigenvalue weighted by atomic mass is 9.75. The lowest BCUT2D eigenvalue weighted by molar-refractivity contribution is -0.125. The van der Waals surface area contributed by atoms with E-state index in [0.29, 0.717) is 11.9 Å². The fraction of sp³-hybridized carbons (Fsp3) is 0.444. The summed E-state index contributed by atoms with van der Waals surface area (Å²) >= 11 is 0. The van der Waals surface area contributed by atoms with Crippen molar-refractivity contribution in [1.29, 1.82) is 0 Å². The summed E-state index contributed by atoms with van der Waals surface area (Å²) in [6.07, 6.45) is 5.40. The SMILES string of the molecule is COCC(=O)C1C=CC(B(O)O)=CC1. The van der Waals surface area contributed by atoms with Gasteiger partial charge in [0, 0.05) is 13.0 Å². The number of Topliss-reactive ketones (excluding diaryl/α,β-unsaturated/α-hetero) is 1. The molecule has 0 heterocycles. The van der Waals surface area contributed by atoms with Gasteiger partial charge >= 0.3 is 7.12 Å². The fourth-order valence-corrected chi connectivity index (χ4v) is 1.32. The van der Waals surface area contributed by atoms with E-state index >= 15 is 0 Å². The molecule has 2 N–H and O–H groups in total. The highest BCUT2D eigenvalue weighted by Gasteiger charge is 2.20. The van der Waals surface area contributed by atoms with Gasteiger partial charge in [0.25, 0.3) is 0 Å². The molecule has 1 aliphatic rings. The number of hydrogen-bond donors (Lipinski definition) is 2. The van der Waals surface area contributed by atoms with Crippen molar-refractivity contribution in [3.05, 3.63) is 23.7 Å². The second-order valence-corrected chi connectivity index (χ2v) is 3.18. The Kier molecular flexibility index (Phi) is 4.07. The maximum absolute atomic E-state index is 11.3. The maximum Gasteiger partial charge on any atom is 0.488 e. The molecule has 14 heavy (non-hydrogen) atoms. The van der Waals surface area contributed by atoms with Crippen LogP contribution in [0.25, 0.3) is 0 Å². The van der Waals surface area contributed by atoms with Crippen molar-refractivity contribution in [2.45, 2.75) is 6.42 Å². The van der Waals surface area contributed by atoms with Gasteiger partial charge in [-0.2, -0.15) is 0 Å². The Hall–Kier alpha value is -0.905. The van der Waals surface area contributed by atoms with Crippen molar-refractivity contribution in [2.24, 2.45) is 5.92 Å². The van der Waals surface area contributed by atoms with E-state index < -0.39 is 7.12 Å². The van der Waals surface area contributed by atoms with Crippen LogP contribution < -0.4 is 0 Å². The Morgan fingerprint density at radius 2 is 2.43 bits per heavy atom. The van der Waals surface area contributed by atoms with E-state index in [0.717, 1.165) is 0 Å². The summed E-state index contributed by atoms with van der Waals surface area (Å²) in [7, 11) is 0.0214. The van der Waals surface area contributed by atoms with Crippen LogP contribution in [-0.4, -0.2) is 36.7 Å². The van der Waals surface area contributed by atoms with Crippen molar-refractivity contribution >= 4 is 12.9 Å². The maximum atomic E-state index is 11.3. The van der Waals surface area contributed by atoms with E-state index in [-0.39, 0.29) is 18.3 Å². The third-order valence-corrected chi connectivity index (χ3v) is 2.13. The zero-order valence-corrected chi connectivity index (χ0v) is 8.01. The molecule has 0 spiro atoms. The van der Waals surface area contributed by atoms with Crippen molar-refractivity contribution < 1.29 is 19.6 Å². The molecule has 1 aliphatic carbocycles. The number of carbonyl (C=O) groups is 1. The second kappa shape index (κ2) is 5.09. The summed E-state index contributed by atoms with van der Waals surface area (Å²) in [5.74, 6) is -0.191. The molecule has 0 aromatic rings. The molecule has 0 fully saturated rings. The Labute approximate surface area is 83.0 Å². The molecule has 0 saturated carbocycles.